The smallest absolute Gasteiger partial charge is 0.335 e. The van der Waals surface area contributed by atoms with Gasteiger partial charge in [-0.1, -0.05) is 42.0 Å². The highest BCUT2D eigenvalue weighted by Gasteiger charge is 2.35. The monoisotopic (exact) mass is 419 g/mol. The molecular formula is C24H25N3O4. The minimum absolute atomic E-state index is 0.0127. The van der Waals surface area contributed by atoms with E-state index in [1.807, 2.05) is 57.2 Å². The highest BCUT2D eigenvalue weighted by atomic mass is 16.3. The summed E-state index contributed by atoms with van der Waals surface area (Å²) in [7, 11) is 0. The Kier molecular flexibility index (Phi) is 5.05. The lowest BCUT2D eigenvalue weighted by Crippen LogP contribution is -2.43. The Balaban J connectivity index is 2.05. The summed E-state index contributed by atoms with van der Waals surface area (Å²) >= 11 is 0. The summed E-state index contributed by atoms with van der Waals surface area (Å²) in [6, 6.07) is 10.6. The summed E-state index contributed by atoms with van der Waals surface area (Å²) < 4.78 is 1.14. The van der Waals surface area contributed by atoms with Gasteiger partial charge in [0.1, 0.15) is 5.56 Å². The van der Waals surface area contributed by atoms with E-state index in [9.17, 15) is 19.5 Å². The van der Waals surface area contributed by atoms with Crippen molar-refractivity contribution in [2.75, 3.05) is 6.54 Å². The number of hydrogen-bond acceptors (Lipinski definition) is 4. The lowest BCUT2D eigenvalue weighted by molar-refractivity contribution is -0.130. The molecule has 0 saturated heterocycles. The number of fused-ring (bicyclic) bond motifs is 1. The maximum atomic E-state index is 13.0. The summed E-state index contributed by atoms with van der Waals surface area (Å²) in [6.07, 6.45) is 0.654. The Labute approximate surface area is 179 Å². The van der Waals surface area contributed by atoms with Crippen molar-refractivity contribution in [1.82, 2.24) is 14.5 Å². The summed E-state index contributed by atoms with van der Waals surface area (Å²) in [5.74, 6) is -0.657. The van der Waals surface area contributed by atoms with Crippen molar-refractivity contribution in [3.05, 3.63) is 90.6 Å². The molecule has 1 aliphatic heterocycles. The van der Waals surface area contributed by atoms with Crippen LogP contribution in [0.25, 0.3) is 5.69 Å². The number of rotatable bonds is 2. The number of benzene rings is 2. The van der Waals surface area contributed by atoms with Gasteiger partial charge in [-0.3, -0.25) is 14.6 Å². The van der Waals surface area contributed by atoms with Crippen LogP contribution in [0.15, 0.2) is 46.0 Å². The van der Waals surface area contributed by atoms with E-state index in [1.54, 1.807) is 4.90 Å². The second-order valence-electron chi connectivity index (χ2n) is 8.14. The molecule has 0 fully saturated rings. The van der Waals surface area contributed by atoms with Gasteiger partial charge in [0.15, 0.2) is 0 Å². The van der Waals surface area contributed by atoms with Crippen LogP contribution in [0.5, 0.6) is 5.88 Å². The molecule has 1 aromatic heterocycles. The molecule has 0 aliphatic carbocycles. The van der Waals surface area contributed by atoms with E-state index in [-0.39, 0.29) is 11.5 Å². The van der Waals surface area contributed by atoms with E-state index in [4.69, 9.17) is 0 Å². The zero-order valence-corrected chi connectivity index (χ0v) is 18.0. The van der Waals surface area contributed by atoms with Crippen molar-refractivity contribution in [1.29, 1.82) is 0 Å². The molecule has 0 saturated carbocycles. The van der Waals surface area contributed by atoms with Gasteiger partial charge >= 0.3 is 5.69 Å². The molecule has 7 heteroatoms. The van der Waals surface area contributed by atoms with Gasteiger partial charge in [-0.25, -0.2) is 9.36 Å². The van der Waals surface area contributed by atoms with Crippen LogP contribution >= 0.6 is 0 Å². The van der Waals surface area contributed by atoms with Crippen molar-refractivity contribution < 1.29 is 9.90 Å². The Morgan fingerprint density at radius 3 is 2.39 bits per heavy atom. The molecule has 0 spiro atoms. The number of hydrogen-bond donors (Lipinski definition) is 2. The molecule has 7 nitrogen and oxygen atoms in total. The van der Waals surface area contributed by atoms with Crippen molar-refractivity contribution in [2.24, 2.45) is 0 Å². The van der Waals surface area contributed by atoms with Crippen molar-refractivity contribution in [3.63, 3.8) is 0 Å². The number of carbonyl (C=O) groups excluding carboxylic acids is 1. The summed E-state index contributed by atoms with van der Waals surface area (Å²) in [6.45, 7) is 7.51. The van der Waals surface area contributed by atoms with E-state index in [0.717, 1.165) is 32.4 Å². The third-order valence-electron chi connectivity index (χ3n) is 5.94. The number of aryl methyl sites for hydroxylation is 3. The van der Waals surface area contributed by atoms with Gasteiger partial charge in [-0.2, -0.15) is 0 Å². The molecule has 1 atom stereocenters. The van der Waals surface area contributed by atoms with Crippen LogP contribution in [0.3, 0.4) is 0 Å². The first-order chi connectivity index (χ1) is 14.7. The zero-order chi connectivity index (χ0) is 22.4. The number of nitrogens with zero attached hydrogens (tertiary/aromatic N) is 2. The molecule has 3 aromatic rings. The van der Waals surface area contributed by atoms with Crippen LogP contribution in [0.1, 0.15) is 46.3 Å². The Bertz CT molecular complexity index is 1300. The van der Waals surface area contributed by atoms with Crippen LogP contribution in [0, 0.1) is 20.8 Å². The van der Waals surface area contributed by atoms with Crippen molar-refractivity contribution in [2.45, 2.75) is 40.2 Å². The first-order valence-corrected chi connectivity index (χ1v) is 10.2. The second kappa shape index (κ2) is 7.58. The quantitative estimate of drug-likeness (QED) is 0.668. The standard InChI is InChI=1S/C24H25N3O4/c1-13-11-14(2)20(15(3)12-13)27-23(30)19(22(29)25-24(27)31)21-18-8-6-5-7-17(18)9-10-26(21)16(4)28/h5-8,11-12,21,30H,9-10H2,1-4H3,(H,25,29,31)/t21-/m1/s1. The number of nitrogens with one attached hydrogen (secondary N) is 1. The lowest BCUT2D eigenvalue weighted by Gasteiger charge is -2.37. The Morgan fingerprint density at radius 2 is 1.74 bits per heavy atom. The van der Waals surface area contributed by atoms with Crippen LogP contribution in [-0.4, -0.2) is 32.0 Å². The number of carbonyl (C=O) groups is 1. The fourth-order valence-corrected chi connectivity index (χ4v) is 4.73. The van der Waals surface area contributed by atoms with Gasteiger partial charge in [0.05, 0.1) is 11.7 Å². The lowest BCUT2D eigenvalue weighted by atomic mass is 9.88. The minimum atomic E-state index is -0.788. The molecule has 4 rings (SSSR count). The van der Waals surface area contributed by atoms with Gasteiger partial charge in [0, 0.05) is 13.5 Å². The number of aromatic nitrogens is 2. The Hall–Kier alpha value is -3.61. The molecule has 1 aliphatic rings. The Morgan fingerprint density at radius 1 is 1.10 bits per heavy atom. The van der Waals surface area contributed by atoms with Crippen molar-refractivity contribution in [3.8, 4) is 11.6 Å². The predicted molar refractivity (Wildman–Crippen MR) is 118 cm³/mol. The molecule has 2 aromatic carbocycles. The summed E-state index contributed by atoms with van der Waals surface area (Å²) in [5, 5.41) is 11.3. The van der Waals surface area contributed by atoms with Crippen LogP contribution in [0.2, 0.25) is 0 Å². The average Bonchev–Trinajstić information content (AvgIpc) is 2.69. The maximum absolute atomic E-state index is 13.0. The van der Waals surface area contributed by atoms with Gasteiger partial charge in [0.25, 0.3) is 5.56 Å². The topological polar surface area (TPSA) is 95.4 Å². The molecule has 2 heterocycles. The van der Waals surface area contributed by atoms with Gasteiger partial charge < -0.3 is 10.0 Å². The van der Waals surface area contributed by atoms with Crippen molar-refractivity contribution >= 4 is 5.91 Å². The average molecular weight is 419 g/mol. The van der Waals surface area contributed by atoms with E-state index >= 15 is 0 Å². The molecule has 1 amide bonds. The van der Waals surface area contributed by atoms with Crippen LogP contribution < -0.4 is 11.2 Å². The second-order valence-corrected chi connectivity index (χ2v) is 8.14. The maximum Gasteiger partial charge on any atom is 0.335 e. The van der Waals surface area contributed by atoms with E-state index < -0.39 is 23.2 Å². The first kappa shape index (κ1) is 20.7. The first-order valence-electron chi connectivity index (χ1n) is 10.2. The summed E-state index contributed by atoms with van der Waals surface area (Å²) in [4.78, 5) is 42.2. The van der Waals surface area contributed by atoms with E-state index in [1.165, 1.54) is 6.92 Å². The third-order valence-corrected chi connectivity index (χ3v) is 5.94. The summed E-state index contributed by atoms with van der Waals surface area (Å²) in [5.41, 5.74) is 3.47. The van der Waals surface area contributed by atoms with Gasteiger partial charge in [-0.15, -0.1) is 0 Å². The fraction of sp³-hybridized carbons (Fsp3) is 0.292. The number of H-pyrrole nitrogens is 1. The number of aromatic amines is 1. The predicted octanol–water partition coefficient (Wildman–Crippen LogP) is 2.65. The van der Waals surface area contributed by atoms with Gasteiger partial charge in [-0.05, 0) is 49.4 Å². The molecule has 0 radical (unpaired) electrons. The van der Waals surface area contributed by atoms with E-state index in [0.29, 0.717) is 18.7 Å². The molecular weight excluding hydrogens is 394 g/mol. The largest absolute Gasteiger partial charge is 0.494 e. The zero-order valence-electron chi connectivity index (χ0n) is 18.0. The number of amides is 1. The molecule has 0 bridgehead atoms. The third kappa shape index (κ3) is 3.36. The minimum Gasteiger partial charge on any atom is -0.494 e. The molecule has 2 N–H and O–H groups in total. The molecule has 0 unspecified atom stereocenters. The van der Waals surface area contributed by atoms with Crippen LogP contribution in [-0.2, 0) is 11.2 Å². The van der Waals surface area contributed by atoms with Gasteiger partial charge in [0.2, 0.25) is 11.8 Å². The van der Waals surface area contributed by atoms with Crippen LogP contribution in [0.4, 0.5) is 0 Å². The van der Waals surface area contributed by atoms with E-state index in [2.05, 4.69) is 4.98 Å². The highest BCUT2D eigenvalue weighted by molar-refractivity contribution is 5.75. The molecule has 160 valence electrons. The number of aromatic hydroxyl groups is 1. The fourth-order valence-electron chi connectivity index (χ4n) is 4.73. The normalized spacial score (nSPS) is 15.6. The SMILES string of the molecule is CC(=O)N1CCc2ccccc2[C@@H]1c1c(O)n(-c2c(C)cc(C)cc2C)c(=O)[nH]c1=O. The molecule has 31 heavy (non-hydrogen) atoms. The highest BCUT2D eigenvalue weighted by Crippen LogP contribution is 2.37.